The molecule has 0 amide bonds. The van der Waals surface area contributed by atoms with Gasteiger partial charge in [0.2, 0.25) is 5.95 Å². The summed E-state index contributed by atoms with van der Waals surface area (Å²) < 4.78 is 21.7. The molecule has 1 aromatic carbocycles. The number of benzene rings is 1. The molecule has 6 nitrogen and oxygen atoms in total. The standard InChI is InChI=1S/C20H17FN4O2/c1-11-22-20-23-15-9-12(17-7-4-8-27-17)10-16(26)18(15)19(25(20)24-11)13-5-2-3-6-14(13)21/h2-8,12,19H,9-10H2,1H3,(H,22,23,24)/t12-,19-/m0/s1. The second-order valence-electron chi connectivity index (χ2n) is 6.91. The predicted octanol–water partition coefficient (Wildman–Crippen LogP) is 3.73. The second kappa shape index (κ2) is 5.90. The fourth-order valence-corrected chi connectivity index (χ4v) is 4.03. The molecule has 1 aliphatic heterocycles. The van der Waals surface area contributed by atoms with Crippen LogP contribution in [0.15, 0.2) is 58.3 Å². The number of furan rings is 1. The minimum absolute atomic E-state index is 0.0304. The molecule has 3 heterocycles. The molecule has 3 aromatic rings. The first-order valence-electron chi connectivity index (χ1n) is 8.86. The van der Waals surface area contributed by atoms with E-state index in [1.807, 2.05) is 12.1 Å². The number of anilines is 1. The Labute approximate surface area is 154 Å². The number of hydrogen-bond donors (Lipinski definition) is 1. The summed E-state index contributed by atoms with van der Waals surface area (Å²) in [6.07, 6.45) is 2.54. The molecule has 0 saturated carbocycles. The zero-order valence-electron chi connectivity index (χ0n) is 14.6. The van der Waals surface area contributed by atoms with Crippen LogP contribution in [0.5, 0.6) is 0 Å². The van der Waals surface area contributed by atoms with Crippen LogP contribution in [0.2, 0.25) is 0 Å². The van der Waals surface area contributed by atoms with E-state index in [1.165, 1.54) is 6.07 Å². The van der Waals surface area contributed by atoms with Crippen LogP contribution in [-0.2, 0) is 4.79 Å². The first-order valence-corrected chi connectivity index (χ1v) is 8.86. The van der Waals surface area contributed by atoms with Crippen LogP contribution in [0.25, 0.3) is 0 Å². The molecule has 27 heavy (non-hydrogen) atoms. The highest BCUT2D eigenvalue weighted by molar-refractivity contribution is 6.00. The second-order valence-corrected chi connectivity index (χ2v) is 6.91. The van der Waals surface area contributed by atoms with Crippen molar-refractivity contribution in [3.63, 3.8) is 0 Å². The largest absolute Gasteiger partial charge is 0.469 e. The monoisotopic (exact) mass is 364 g/mol. The Balaban J connectivity index is 1.66. The Kier molecular flexibility index (Phi) is 3.50. The molecule has 7 heteroatoms. The molecule has 0 saturated heterocycles. The van der Waals surface area contributed by atoms with Gasteiger partial charge in [0.1, 0.15) is 23.4 Å². The van der Waals surface area contributed by atoms with Crippen molar-refractivity contribution in [1.29, 1.82) is 0 Å². The zero-order chi connectivity index (χ0) is 18.5. The van der Waals surface area contributed by atoms with Gasteiger partial charge in [0.25, 0.3) is 0 Å². The smallest absolute Gasteiger partial charge is 0.226 e. The zero-order valence-corrected chi connectivity index (χ0v) is 14.6. The lowest BCUT2D eigenvalue weighted by molar-refractivity contribution is -0.117. The highest BCUT2D eigenvalue weighted by Gasteiger charge is 2.40. The van der Waals surface area contributed by atoms with Crippen molar-refractivity contribution in [1.82, 2.24) is 14.8 Å². The highest BCUT2D eigenvalue weighted by Crippen LogP contribution is 2.44. The van der Waals surface area contributed by atoms with E-state index in [2.05, 4.69) is 15.4 Å². The fraction of sp³-hybridized carbons (Fsp3) is 0.250. The average molecular weight is 364 g/mol. The minimum Gasteiger partial charge on any atom is -0.469 e. The Morgan fingerprint density at radius 2 is 2.07 bits per heavy atom. The van der Waals surface area contributed by atoms with E-state index in [4.69, 9.17) is 4.42 Å². The van der Waals surface area contributed by atoms with E-state index < -0.39 is 6.04 Å². The summed E-state index contributed by atoms with van der Waals surface area (Å²) in [4.78, 5) is 17.5. The van der Waals surface area contributed by atoms with Gasteiger partial charge in [-0.25, -0.2) is 9.07 Å². The molecule has 5 rings (SSSR count). The SMILES string of the molecule is Cc1nc2n(n1)[C@@H](c1ccccc1F)C1=C(C[C@H](c3ccco3)CC1=O)N2. The first kappa shape index (κ1) is 16.0. The number of nitrogens with zero attached hydrogens (tertiary/aromatic N) is 3. The maximum Gasteiger partial charge on any atom is 0.226 e. The van der Waals surface area contributed by atoms with Gasteiger partial charge in [-0.3, -0.25) is 4.79 Å². The number of allylic oxidation sites excluding steroid dienone is 2. The van der Waals surface area contributed by atoms with E-state index in [9.17, 15) is 9.18 Å². The normalized spacial score (nSPS) is 21.6. The summed E-state index contributed by atoms with van der Waals surface area (Å²) in [5.41, 5.74) is 1.74. The van der Waals surface area contributed by atoms with Crippen molar-refractivity contribution in [2.75, 3.05) is 5.32 Å². The third kappa shape index (κ3) is 2.50. The summed E-state index contributed by atoms with van der Waals surface area (Å²) >= 11 is 0. The number of carbonyl (C=O) groups is 1. The maximum atomic E-state index is 14.6. The third-order valence-electron chi connectivity index (χ3n) is 5.17. The van der Waals surface area contributed by atoms with Crippen molar-refractivity contribution in [2.24, 2.45) is 0 Å². The molecule has 0 bridgehead atoms. The number of halogens is 1. The molecule has 2 aromatic heterocycles. The van der Waals surface area contributed by atoms with Gasteiger partial charge in [0, 0.05) is 29.2 Å². The topological polar surface area (TPSA) is 73.0 Å². The highest BCUT2D eigenvalue weighted by atomic mass is 19.1. The van der Waals surface area contributed by atoms with Gasteiger partial charge in [-0.2, -0.15) is 10.1 Å². The Morgan fingerprint density at radius 3 is 2.85 bits per heavy atom. The lowest BCUT2D eigenvalue weighted by Crippen LogP contribution is -2.34. The third-order valence-corrected chi connectivity index (χ3v) is 5.17. The summed E-state index contributed by atoms with van der Waals surface area (Å²) in [5.74, 6) is 1.42. The van der Waals surface area contributed by atoms with Gasteiger partial charge in [-0.05, 0) is 31.5 Å². The Morgan fingerprint density at radius 1 is 1.22 bits per heavy atom. The van der Waals surface area contributed by atoms with Gasteiger partial charge in [-0.1, -0.05) is 18.2 Å². The number of hydrogen-bond acceptors (Lipinski definition) is 5. The van der Waals surface area contributed by atoms with Crippen molar-refractivity contribution in [3.05, 3.63) is 76.9 Å². The van der Waals surface area contributed by atoms with Gasteiger partial charge >= 0.3 is 0 Å². The van der Waals surface area contributed by atoms with Crippen LogP contribution < -0.4 is 5.32 Å². The van der Waals surface area contributed by atoms with Gasteiger partial charge in [0.15, 0.2) is 5.78 Å². The number of Topliss-reactive ketones (excluding diaryl/α,β-unsaturated/α-hetero) is 1. The van der Waals surface area contributed by atoms with Gasteiger partial charge in [0.05, 0.1) is 6.26 Å². The lowest BCUT2D eigenvalue weighted by Gasteiger charge is -2.34. The molecular formula is C20H17FN4O2. The van der Waals surface area contributed by atoms with E-state index >= 15 is 0 Å². The number of rotatable bonds is 2. The van der Waals surface area contributed by atoms with Gasteiger partial charge in [-0.15, -0.1) is 0 Å². The van der Waals surface area contributed by atoms with E-state index in [-0.39, 0.29) is 17.5 Å². The van der Waals surface area contributed by atoms with E-state index in [0.29, 0.717) is 35.8 Å². The Hall–Kier alpha value is -3.22. The number of carbonyl (C=O) groups excluding carboxylic acids is 1. The van der Waals surface area contributed by atoms with Crippen LogP contribution in [0.1, 0.15) is 41.9 Å². The maximum absolute atomic E-state index is 14.6. The number of ketones is 1. The molecule has 2 aliphatic rings. The van der Waals surface area contributed by atoms with Crippen LogP contribution in [-0.4, -0.2) is 20.5 Å². The van der Waals surface area contributed by atoms with E-state index in [1.54, 1.807) is 36.1 Å². The molecule has 0 unspecified atom stereocenters. The molecule has 136 valence electrons. The lowest BCUT2D eigenvalue weighted by atomic mass is 9.79. The number of aryl methyl sites for hydroxylation is 1. The number of nitrogens with one attached hydrogen (secondary N) is 1. The van der Waals surface area contributed by atoms with Crippen molar-refractivity contribution >= 4 is 11.7 Å². The summed E-state index contributed by atoms with van der Waals surface area (Å²) in [6.45, 7) is 1.78. The van der Waals surface area contributed by atoms with Crippen LogP contribution >= 0.6 is 0 Å². The minimum atomic E-state index is -0.622. The molecule has 1 N–H and O–H groups in total. The van der Waals surface area contributed by atoms with Crippen LogP contribution in [0.3, 0.4) is 0 Å². The number of aromatic nitrogens is 3. The molecular weight excluding hydrogens is 347 g/mol. The van der Waals surface area contributed by atoms with Crippen molar-refractivity contribution in [2.45, 2.75) is 31.7 Å². The fourth-order valence-electron chi connectivity index (χ4n) is 4.03. The summed E-state index contributed by atoms with van der Waals surface area (Å²) in [7, 11) is 0. The first-order chi connectivity index (χ1) is 13.1. The average Bonchev–Trinajstić information content (AvgIpc) is 3.29. The van der Waals surface area contributed by atoms with Crippen LogP contribution in [0, 0.1) is 12.7 Å². The molecule has 2 atom stereocenters. The summed E-state index contributed by atoms with van der Waals surface area (Å²) in [5, 5.41) is 7.66. The van der Waals surface area contributed by atoms with Gasteiger partial charge < -0.3 is 9.73 Å². The van der Waals surface area contributed by atoms with Crippen molar-refractivity contribution < 1.29 is 13.6 Å². The molecule has 0 radical (unpaired) electrons. The number of fused-ring (bicyclic) bond motifs is 1. The molecule has 0 fully saturated rings. The molecule has 0 spiro atoms. The van der Waals surface area contributed by atoms with Crippen LogP contribution in [0.4, 0.5) is 10.3 Å². The van der Waals surface area contributed by atoms with E-state index in [0.717, 1.165) is 11.5 Å². The quantitative estimate of drug-likeness (QED) is 0.750. The Bertz CT molecular complexity index is 1070. The summed E-state index contributed by atoms with van der Waals surface area (Å²) in [6, 6.07) is 9.58. The van der Waals surface area contributed by atoms with Crippen molar-refractivity contribution in [3.8, 4) is 0 Å². The predicted molar refractivity (Wildman–Crippen MR) is 95.6 cm³/mol. The molecule has 1 aliphatic carbocycles.